The van der Waals surface area contributed by atoms with Crippen LogP contribution in [0, 0.1) is 0 Å². The third kappa shape index (κ3) is 2.79. The minimum atomic E-state index is -0.0997. The van der Waals surface area contributed by atoms with Gasteiger partial charge in [0.15, 0.2) is 5.78 Å². The monoisotopic (exact) mass is 408 g/mol. The molecule has 2 rings (SSSR count). The molecule has 0 aliphatic heterocycles. The van der Waals surface area contributed by atoms with Crippen LogP contribution in [0.3, 0.4) is 0 Å². The average molecular weight is 411 g/mol. The number of ether oxygens (including phenoxy) is 1. The van der Waals surface area contributed by atoms with Crippen molar-refractivity contribution in [1.29, 1.82) is 0 Å². The van der Waals surface area contributed by atoms with Gasteiger partial charge in [0.2, 0.25) is 0 Å². The summed E-state index contributed by atoms with van der Waals surface area (Å²) in [7, 11) is 1.51. The fourth-order valence-electron chi connectivity index (χ4n) is 1.49. The molecule has 0 saturated carbocycles. The zero-order valence-corrected chi connectivity index (χ0v) is 13.9. The average Bonchev–Trinajstić information content (AvgIpc) is 2.67. The number of carbonyl (C=O) groups is 1. The minimum absolute atomic E-state index is 0.0997. The Morgan fingerprint density at radius 1 is 1.28 bits per heavy atom. The summed E-state index contributed by atoms with van der Waals surface area (Å²) in [6.07, 6.45) is 0. The smallest absolute Gasteiger partial charge is 0.198 e. The summed E-state index contributed by atoms with van der Waals surface area (Å²) in [6, 6.07) is 6.75. The van der Waals surface area contributed by atoms with Gasteiger partial charge in [-0.2, -0.15) is 0 Å². The van der Waals surface area contributed by atoms with Crippen molar-refractivity contribution in [2.75, 3.05) is 7.11 Å². The second kappa shape index (κ2) is 5.74. The lowest BCUT2D eigenvalue weighted by Crippen LogP contribution is -2.03. The summed E-state index contributed by atoms with van der Waals surface area (Å²) in [4.78, 5) is 12.4. The first-order valence-electron chi connectivity index (χ1n) is 4.86. The Bertz CT molecular complexity index is 610. The van der Waals surface area contributed by atoms with E-state index in [9.17, 15) is 4.79 Å². The molecule has 0 fully saturated rings. The van der Waals surface area contributed by atoms with Gasteiger partial charge in [0.05, 0.1) is 20.2 Å². The van der Waals surface area contributed by atoms with E-state index in [1.165, 1.54) is 18.4 Å². The first kappa shape index (κ1) is 14.1. The van der Waals surface area contributed by atoms with Gasteiger partial charge < -0.3 is 4.74 Å². The highest BCUT2D eigenvalue weighted by atomic mass is 79.9. The van der Waals surface area contributed by atoms with E-state index in [4.69, 9.17) is 16.3 Å². The minimum Gasteiger partial charge on any atom is -0.496 e. The number of hydrogen-bond donors (Lipinski definition) is 0. The molecule has 94 valence electrons. The van der Waals surface area contributed by atoms with Crippen molar-refractivity contribution < 1.29 is 9.53 Å². The molecule has 0 aliphatic rings. The van der Waals surface area contributed by atoms with E-state index < -0.39 is 0 Å². The SMILES string of the molecule is COc1cc(Cl)ccc1C(=O)c1cc(Br)sc1Br. The molecule has 2 aromatic rings. The highest BCUT2D eigenvalue weighted by molar-refractivity contribution is 9.12. The number of methoxy groups -OCH3 is 1. The van der Waals surface area contributed by atoms with Crippen LogP contribution < -0.4 is 4.74 Å². The standard InChI is InChI=1S/C12H7Br2ClO2S/c1-17-9-4-6(15)2-3-7(9)11(16)8-5-10(13)18-12(8)14/h2-5H,1H3. The van der Waals surface area contributed by atoms with Crippen molar-refractivity contribution in [3.63, 3.8) is 0 Å². The molecule has 1 aromatic carbocycles. The Hall–Kier alpha value is -0.360. The maximum absolute atomic E-state index is 12.4. The van der Waals surface area contributed by atoms with Gasteiger partial charge in [-0.1, -0.05) is 11.6 Å². The van der Waals surface area contributed by atoms with Gasteiger partial charge in [-0.25, -0.2) is 0 Å². The van der Waals surface area contributed by atoms with Crippen molar-refractivity contribution in [3.05, 3.63) is 48.0 Å². The van der Waals surface area contributed by atoms with Crippen molar-refractivity contribution in [2.24, 2.45) is 0 Å². The molecule has 0 aliphatic carbocycles. The normalized spacial score (nSPS) is 10.4. The van der Waals surface area contributed by atoms with Crippen LogP contribution in [-0.2, 0) is 0 Å². The molecule has 0 unspecified atom stereocenters. The molecular weight excluding hydrogens is 403 g/mol. The van der Waals surface area contributed by atoms with Gasteiger partial charge in [-0.3, -0.25) is 4.79 Å². The fraction of sp³-hybridized carbons (Fsp3) is 0.0833. The number of hydrogen-bond acceptors (Lipinski definition) is 3. The zero-order chi connectivity index (χ0) is 13.3. The van der Waals surface area contributed by atoms with Crippen LogP contribution in [0.15, 0.2) is 31.8 Å². The maximum Gasteiger partial charge on any atom is 0.198 e. The third-order valence-corrected chi connectivity index (χ3v) is 4.88. The molecule has 0 radical (unpaired) electrons. The molecule has 1 heterocycles. The molecule has 0 amide bonds. The Morgan fingerprint density at radius 3 is 2.56 bits per heavy atom. The molecule has 1 aromatic heterocycles. The molecule has 0 bridgehead atoms. The number of halogens is 3. The predicted octanol–water partition coefficient (Wildman–Crippen LogP) is 5.17. The van der Waals surface area contributed by atoms with Gasteiger partial charge in [0, 0.05) is 10.6 Å². The van der Waals surface area contributed by atoms with Crippen molar-refractivity contribution in [1.82, 2.24) is 0 Å². The van der Waals surface area contributed by atoms with Crippen LogP contribution in [0.5, 0.6) is 5.75 Å². The summed E-state index contributed by atoms with van der Waals surface area (Å²) in [5, 5.41) is 0.536. The molecule has 0 N–H and O–H groups in total. The van der Waals surface area contributed by atoms with Crippen LogP contribution in [0.25, 0.3) is 0 Å². The lowest BCUT2D eigenvalue weighted by Gasteiger charge is -2.07. The molecule has 0 saturated heterocycles. The summed E-state index contributed by atoms with van der Waals surface area (Å²) in [6.45, 7) is 0. The van der Waals surface area contributed by atoms with Gasteiger partial charge in [-0.05, 0) is 56.1 Å². The van der Waals surface area contributed by atoms with Crippen molar-refractivity contribution in [3.8, 4) is 5.75 Å². The van der Waals surface area contributed by atoms with E-state index in [-0.39, 0.29) is 5.78 Å². The molecule has 0 spiro atoms. The predicted molar refractivity (Wildman–Crippen MR) is 81.2 cm³/mol. The van der Waals surface area contributed by atoms with E-state index >= 15 is 0 Å². The van der Waals surface area contributed by atoms with Crippen LogP contribution in [0.1, 0.15) is 15.9 Å². The second-order valence-corrected chi connectivity index (χ2v) is 7.60. The number of rotatable bonds is 3. The summed E-state index contributed by atoms with van der Waals surface area (Å²) in [5.74, 6) is 0.374. The topological polar surface area (TPSA) is 26.3 Å². The first-order chi connectivity index (χ1) is 8.52. The van der Waals surface area contributed by atoms with E-state index in [1.54, 1.807) is 24.3 Å². The van der Waals surface area contributed by atoms with Gasteiger partial charge in [0.1, 0.15) is 5.75 Å². The van der Waals surface area contributed by atoms with Crippen LogP contribution >= 0.6 is 54.8 Å². The lowest BCUT2D eigenvalue weighted by molar-refractivity contribution is 0.103. The highest BCUT2D eigenvalue weighted by Gasteiger charge is 2.19. The zero-order valence-electron chi connectivity index (χ0n) is 9.17. The number of thiophene rings is 1. The number of benzene rings is 1. The molecule has 18 heavy (non-hydrogen) atoms. The molecule has 2 nitrogen and oxygen atoms in total. The highest BCUT2D eigenvalue weighted by Crippen LogP contribution is 2.35. The largest absolute Gasteiger partial charge is 0.496 e. The first-order valence-corrected chi connectivity index (χ1v) is 7.64. The van der Waals surface area contributed by atoms with E-state index in [1.807, 2.05) is 0 Å². The van der Waals surface area contributed by atoms with Crippen molar-refractivity contribution in [2.45, 2.75) is 0 Å². The van der Waals surface area contributed by atoms with Crippen LogP contribution in [-0.4, -0.2) is 12.9 Å². The van der Waals surface area contributed by atoms with Gasteiger partial charge in [-0.15, -0.1) is 11.3 Å². The quantitative estimate of drug-likeness (QED) is 0.653. The molecule has 6 heteroatoms. The Kier molecular flexibility index (Phi) is 4.48. The lowest BCUT2D eigenvalue weighted by atomic mass is 10.1. The van der Waals surface area contributed by atoms with Gasteiger partial charge >= 0.3 is 0 Å². The van der Waals surface area contributed by atoms with Crippen molar-refractivity contribution >= 4 is 60.6 Å². The fourth-order valence-corrected chi connectivity index (χ4v) is 4.45. The third-order valence-electron chi connectivity index (χ3n) is 2.31. The van der Waals surface area contributed by atoms with Crippen LogP contribution in [0.2, 0.25) is 5.02 Å². The number of carbonyl (C=O) groups excluding carboxylic acids is 1. The van der Waals surface area contributed by atoms with E-state index in [2.05, 4.69) is 31.9 Å². The maximum atomic E-state index is 12.4. The van der Waals surface area contributed by atoms with Gasteiger partial charge in [0.25, 0.3) is 0 Å². The van der Waals surface area contributed by atoms with E-state index in [0.717, 1.165) is 7.57 Å². The molecular formula is C12H7Br2ClO2S. The summed E-state index contributed by atoms with van der Waals surface area (Å²) >= 11 is 14.1. The Morgan fingerprint density at radius 2 is 2.00 bits per heavy atom. The summed E-state index contributed by atoms with van der Waals surface area (Å²) < 4.78 is 6.87. The summed E-state index contributed by atoms with van der Waals surface area (Å²) in [5.41, 5.74) is 1.10. The van der Waals surface area contributed by atoms with E-state index in [0.29, 0.717) is 21.9 Å². The Balaban J connectivity index is 2.49. The second-order valence-electron chi connectivity index (χ2n) is 3.41. The van der Waals surface area contributed by atoms with Crippen LogP contribution in [0.4, 0.5) is 0 Å². The Labute approximate surface area is 130 Å². The molecule has 0 atom stereocenters. The number of ketones is 1.